The van der Waals surface area contributed by atoms with E-state index in [1.165, 1.54) is 61.0 Å². The van der Waals surface area contributed by atoms with E-state index in [-0.39, 0.29) is 11.4 Å². The molecule has 0 saturated heterocycles. The van der Waals surface area contributed by atoms with Gasteiger partial charge in [0.2, 0.25) is 0 Å². The number of hydrogen-bond donors (Lipinski definition) is 2. The molecule has 0 heterocycles. The lowest BCUT2D eigenvalue weighted by atomic mass is 10.2. The predicted octanol–water partition coefficient (Wildman–Crippen LogP) is 1.09. The van der Waals surface area contributed by atoms with Gasteiger partial charge in [-0.15, -0.1) is 4.91 Å². The molecule has 0 fully saturated rings. The van der Waals surface area contributed by atoms with Gasteiger partial charge in [-0.1, -0.05) is 24.3 Å². The largest absolute Gasteiger partial charge is 0.271 e. The smallest absolute Gasteiger partial charge is 0.270 e. The van der Waals surface area contributed by atoms with Gasteiger partial charge < -0.3 is 0 Å². The van der Waals surface area contributed by atoms with Crippen molar-refractivity contribution in [1.29, 1.82) is 0 Å². The maximum absolute atomic E-state index is 11.9. The minimum absolute atomic E-state index is 0.152. The van der Waals surface area contributed by atoms with Crippen LogP contribution in [0.3, 0.4) is 0 Å². The zero-order chi connectivity index (χ0) is 24.2. The second kappa shape index (κ2) is 11.9. The summed E-state index contributed by atoms with van der Waals surface area (Å²) in [6.07, 6.45) is 2.33. The number of hydrogen-bond acceptors (Lipinski definition) is 10. The fourth-order valence-corrected chi connectivity index (χ4v) is 2.31. The fraction of sp³-hybridized carbons (Fsp3) is 0.111. The fourth-order valence-electron chi connectivity index (χ4n) is 2.31. The van der Waals surface area contributed by atoms with E-state index in [1.807, 2.05) is 0 Å². The zero-order valence-electron chi connectivity index (χ0n) is 16.7. The Labute approximate surface area is 185 Å². The van der Waals surface area contributed by atoms with Crippen LogP contribution >= 0.6 is 0 Å². The molecule has 2 rings (SSSR count). The molecule has 0 saturated carbocycles. The van der Waals surface area contributed by atoms with Crippen LogP contribution in [0, 0.1) is 25.1 Å². The average molecular weight is 456 g/mol. The second-order valence-corrected chi connectivity index (χ2v) is 6.19. The summed E-state index contributed by atoms with van der Waals surface area (Å²) in [5.74, 6) is -1.55. The highest BCUT2D eigenvalue weighted by Gasteiger charge is 2.13. The van der Waals surface area contributed by atoms with Crippen LogP contribution in [-0.2, 0) is 9.59 Å². The van der Waals surface area contributed by atoms with Crippen molar-refractivity contribution in [2.75, 3.05) is 13.1 Å². The number of hydrazone groups is 2. The van der Waals surface area contributed by atoms with Crippen molar-refractivity contribution in [3.63, 3.8) is 0 Å². The molecule has 15 nitrogen and oxygen atoms in total. The number of benzene rings is 2. The molecule has 2 amide bonds. The minimum Gasteiger partial charge on any atom is -0.271 e. The summed E-state index contributed by atoms with van der Waals surface area (Å²) in [7, 11) is 0. The molecule has 2 aromatic carbocycles. The van der Waals surface area contributed by atoms with Gasteiger partial charge in [0.1, 0.15) is 13.1 Å². The van der Waals surface area contributed by atoms with Crippen LogP contribution in [0.15, 0.2) is 64.0 Å². The molecular weight excluding hydrogens is 440 g/mol. The van der Waals surface area contributed by atoms with Crippen molar-refractivity contribution < 1.29 is 19.4 Å². The van der Waals surface area contributed by atoms with Crippen molar-refractivity contribution in [2.24, 2.45) is 15.5 Å². The summed E-state index contributed by atoms with van der Waals surface area (Å²) in [6, 6.07) is 11.0. The highest BCUT2D eigenvalue weighted by Crippen LogP contribution is 2.12. The summed E-state index contributed by atoms with van der Waals surface area (Å²) in [6.45, 7) is -1.20. The van der Waals surface area contributed by atoms with Gasteiger partial charge in [0, 0.05) is 35.4 Å². The van der Waals surface area contributed by atoms with E-state index in [0.717, 1.165) is 0 Å². The number of non-ortho nitro benzene ring substituents is 2. The number of nitro groups is 2. The number of nitroso groups, excluding NO2 is 1. The van der Waals surface area contributed by atoms with E-state index in [0.29, 0.717) is 16.1 Å². The molecule has 170 valence electrons. The normalized spacial score (nSPS) is 10.7. The first-order valence-electron chi connectivity index (χ1n) is 8.99. The highest BCUT2D eigenvalue weighted by atomic mass is 16.6. The predicted molar refractivity (Wildman–Crippen MR) is 115 cm³/mol. The van der Waals surface area contributed by atoms with Gasteiger partial charge in [-0.05, 0) is 0 Å². The van der Waals surface area contributed by atoms with Gasteiger partial charge in [-0.3, -0.25) is 29.8 Å². The highest BCUT2D eigenvalue weighted by molar-refractivity contribution is 5.85. The average Bonchev–Trinajstić information content (AvgIpc) is 2.79. The Balaban J connectivity index is 1.82. The molecule has 33 heavy (non-hydrogen) atoms. The molecule has 0 radical (unpaired) electrons. The Bertz CT molecular complexity index is 1030. The molecule has 0 aliphatic carbocycles. The van der Waals surface area contributed by atoms with E-state index in [2.05, 4.69) is 26.3 Å². The first-order valence-corrected chi connectivity index (χ1v) is 8.99. The van der Waals surface area contributed by atoms with Gasteiger partial charge in [0.05, 0.1) is 27.6 Å². The quantitative estimate of drug-likeness (QED) is 0.216. The van der Waals surface area contributed by atoms with Gasteiger partial charge in [0.15, 0.2) is 0 Å². The molecule has 2 aromatic rings. The molecule has 0 aliphatic rings. The number of rotatable bonds is 11. The minimum atomic E-state index is -0.774. The molecular formula is C18H16N8O7. The molecule has 0 aliphatic heterocycles. The van der Waals surface area contributed by atoms with Gasteiger partial charge >= 0.3 is 0 Å². The molecule has 15 heteroatoms. The van der Waals surface area contributed by atoms with Crippen LogP contribution in [0.4, 0.5) is 11.4 Å². The Hall–Kier alpha value is -5.08. The SMILES string of the molecule is O=NN(CC(=O)N/N=C\c1cccc([N+](=O)[O-])c1)CC(=O)N/N=C\c1cccc([N+](=O)[O-])c1. The third kappa shape index (κ3) is 8.28. The van der Waals surface area contributed by atoms with Gasteiger partial charge in [-0.2, -0.15) is 10.2 Å². The Morgan fingerprint density at radius 1 is 0.848 bits per heavy atom. The van der Waals surface area contributed by atoms with Crippen LogP contribution < -0.4 is 10.9 Å². The van der Waals surface area contributed by atoms with E-state index < -0.39 is 34.8 Å². The molecule has 0 atom stereocenters. The first-order chi connectivity index (χ1) is 15.8. The van der Waals surface area contributed by atoms with E-state index in [1.54, 1.807) is 0 Å². The van der Waals surface area contributed by atoms with Crippen molar-refractivity contribution in [2.45, 2.75) is 0 Å². The third-order valence-corrected chi connectivity index (χ3v) is 3.74. The third-order valence-electron chi connectivity index (χ3n) is 3.74. The summed E-state index contributed by atoms with van der Waals surface area (Å²) < 4.78 is 0. The van der Waals surface area contributed by atoms with E-state index in [9.17, 15) is 34.7 Å². The Kier molecular flexibility index (Phi) is 8.75. The molecule has 2 N–H and O–H groups in total. The monoisotopic (exact) mass is 456 g/mol. The van der Waals surface area contributed by atoms with Crippen molar-refractivity contribution in [3.05, 3.63) is 84.8 Å². The summed E-state index contributed by atoms with van der Waals surface area (Å²) in [5.41, 5.74) is 4.61. The standard InChI is InChI=1S/C18H16N8O7/c27-17(21-19-9-13-3-1-5-15(7-13)25(30)31)11-24(23-29)12-18(28)22-20-10-14-4-2-6-16(8-14)26(32)33/h1-10H,11-12H2,(H,21,27)(H,22,28)/b19-9-,20-10-. The Morgan fingerprint density at radius 2 is 1.27 bits per heavy atom. The lowest BCUT2D eigenvalue weighted by Gasteiger charge is -2.12. The zero-order valence-corrected chi connectivity index (χ0v) is 16.7. The van der Waals surface area contributed by atoms with Crippen LogP contribution in [-0.4, -0.2) is 52.2 Å². The van der Waals surface area contributed by atoms with Gasteiger partial charge in [-0.25, -0.2) is 15.9 Å². The number of nitro benzene ring substituents is 2. The maximum Gasteiger partial charge on any atom is 0.270 e. The molecule has 0 bridgehead atoms. The number of amides is 2. The van der Waals surface area contributed by atoms with Crippen molar-refractivity contribution >= 4 is 35.6 Å². The van der Waals surface area contributed by atoms with Crippen LogP contribution in [0.2, 0.25) is 0 Å². The number of nitrogens with one attached hydrogen (secondary N) is 2. The van der Waals surface area contributed by atoms with Gasteiger partial charge in [0.25, 0.3) is 23.2 Å². The maximum atomic E-state index is 11.9. The van der Waals surface area contributed by atoms with Crippen molar-refractivity contribution in [1.82, 2.24) is 15.9 Å². The summed E-state index contributed by atoms with van der Waals surface area (Å²) in [5, 5.41) is 31.9. The molecule has 0 aromatic heterocycles. The van der Waals surface area contributed by atoms with Crippen LogP contribution in [0.1, 0.15) is 11.1 Å². The van der Waals surface area contributed by atoms with Crippen molar-refractivity contribution in [3.8, 4) is 0 Å². The lowest BCUT2D eigenvalue weighted by Crippen LogP contribution is -2.38. The summed E-state index contributed by atoms with van der Waals surface area (Å²) in [4.78, 5) is 54.9. The number of carbonyl (C=O) groups excluding carboxylic acids is 2. The van der Waals surface area contributed by atoms with Crippen LogP contribution in [0.25, 0.3) is 0 Å². The van der Waals surface area contributed by atoms with Crippen LogP contribution in [0.5, 0.6) is 0 Å². The van der Waals surface area contributed by atoms with E-state index >= 15 is 0 Å². The Morgan fingerprint density at radius 3 is 1.64 bits per heavy atom. The second-order valence-electron chi connectivity index (χ2n) is 6.19. The van der Waals surface area contributed by atoms with E-state index in [4.69, 9.17) is 0 Å². The number of carbonyl (C=O) groups is 2. The molecule has 0 unspecified atom stereocenters. The first kappa shape index (κ1) is 24.2. The summed E-state index contributed by atoms with van der Waals surface area (Å²) >= 11 is 0. The lowest BCUT2D eigenvalue weighted by molar-refractivity contribution is -0.385. The topological polar surface area (TPSA) is 202 Å². The molecule has 0 spiro atoms. The number of nitrogens with zero attached hydrogens (tertiary/aromatic N) is 6.